The third kappa shape index (κ3) is 6.65. The summed E-state index contributed by atoms with van der Waals surface area (Å²) in [5.74, 6) is 0. The van der Waals surface area contributed by atoms with Gasteiger partial charge in [-0.1, -0.05) is 168 Å². The monoisotopic (exact) mass is 917 g/mol. The second-order valence-electron chi connectivity index (χ2n) is 26.4. The van der Waals surface area contributed by atoms with Gasteiger partial charge in [-0.15, -0.1) is 0 Å². The minimum absolute atomic E-state index is 0.0341. The Labute approximate surface area is 420 Å². The maximum absolute atomic E-state index is 2.75. The van der Waals surface area contributed by atoms with Gasteiger partial charge in [0.1, 0.15) is 0 Å². The molecule has 5 aliphatic rings. The van der Waals surface area contributed by atoms with Crippen LogP contribution in [0.4, 0.5) is 34.1 Å². The predicted molar refractivity (Wildman–Crippen MR) is 302 cm³/mol. The van der Waals surface area contributed by atoms with Gasteiger partial charge < -0.3 is 9.80 Å². The summed E-state index contributed by atoms with van der Waals surface area (Å²) in [7, 11) is 0. The fourth-order valence-electron chi connectivity index (χ4n) is 14.5. The van der Waals surface area contributed by atoms with Gasteiger partial charge in [-0.3, -0.25) is 0 Å². The first-order valence-corrected chi connectivity index (χ1v) is 26.5. The number of hydrogen-bond donors (Lipinski definition) is 0. The van der Waals surface area contributed by atoms with Gasteiger partial charge >= 0.3 is 0 Å². The molecule has 0 fully saturated rings. The fraction of sp³-hybridized carbons (Fsp3) is 0.373. The van der Waals surface area contributed by atoms with Crippen molar-refractivity contribution in [2.75, 3.05) is 9.80 Å². The standard InChI is InChI=1S/C67H73BN2/c1-41-31-59-61-60(32-41)70(56-37-52-47(33-42(56)2)66(11,12)40-67(52,13)14)58-39-51-49(63(5,6)28-30-65(51,9)10)36-54(58)68(61)53-35-48-50(64(7,8)29-27-62(48,3)4)38-57(53)69(59)55-26-25-45(43-21-17-15-18-22-43)34-46(55)44-23-19-16-20-24-44/h15-26,31-39H,27-30,40H2,1-14H3. The summed E-state index contributed by atoms with van der Waals surface area (Å²) >= 11 is 0. The van der Waals surface area contributed by atoms with Gasteiger partial charge in [-0.25, -0.2) is 0 Å². The normalized spacial score (nSPS) is 19.9. The average Bonchev–Trinajstić information content (AvgIpc) is 3.49. The summed E-state index contributed by atoms with van der Waals surface area (Å²) in [5, 5.41) is 0. The molecule has 0 spiro atoms. The molecular weight excluding hydrogens is 844 g/mol. The van der Waals surface area contributed by atoms with Crippen molar-refractivity contribution < 1.29 is 0 Å². The van der Waals surface area contributed by atoms with Gasteiger partial charge in [0.25, 0.3) is 6.71 Å². The molecule has 2 aliphatic heterocycles. The van der Waals surface area contributed by atoms with Crippen LogP contribution in [0.3, 0.4) is 0 Å². The highest BCUT2D eigenvalue weighted by Crippen LogP contribution is 2.56. The van der Waals surface area contributed by atoms with E-state index in [1.165, 1.54) is 143 Å². The summed E-state index contributed by atoms with van der Waals surface area (Å²) in [4.78, 5) is 5.46. The van der Waals surface area contributed by atoms with Gasteiger partial charge in [0.2, 0.25) is 0 Å². The maximum atomic E-state index is 2.75. The Kier molecular flexibility index (Phi) is 9.64. The molecule has 0 aromatic heterocycles. The Hall–Kier alpha value is -5.80. The minimum atomic E-state index is 0.0341. The molecule has 3 aliphatic carbocycles. The van der Waals surface area contributed by atoms with Crippen LogP contribution in [0.25, 0.3) is 22.3 Å². The maximum Gasteiger partial charge on any atom is 0.252 e. The first-order valence-electron chi connectivity index (χ1n) is 26.5. The highest BCUT2D eigenvalue weighted by Gasteiger charge is 2.50. The van der Waals surface area contributed by atoms with E-state index in [1.54, 1.807) is 0 Å². The molecule has 7 aromatic rings. The molecule has 0 amide bonds. The van der Waals surface area contributed by atoms with Crippen molar-refractivity contribution in [2.45, 2.75) is 162 Å². The van der Waals surface area contributed by atoms with E-state index in [1.807, 2.05) is 0 Å². The molecule has 12 rings (SSSR count). The van der Waals surface area contributed by atoms with Crippen LogP contribution in [-0.4, -0.2) is 6.71 Å². The number of benzene rings is 7. The van der Waals surface area contributed by atoms with Crippen LogP contribution in [0.5, 0.6) is 0 Å². The summed E-state index contributed by atoms with van der Waals surface area (Å²) in [5.41, 5.74) is 29.0. The minimum Gasteiger partial charge on any atom is -0.311 e. The first kappa shape index (κ1) is 45.4. The van der Waals surface area contributed by atoms with Gasteiger partial charge in [0, 0.05) is 34.0 Å². The molecule has 354 valence electrons. The van der Waals surface area contributed by atoms with E-state index in [0.717, 1.165) is 6.42 Å². The zero-order chi connectivity index (χ0) is 49.2. The van der Waals surface area contributed by atoms with Crippen molar-refractivity contribution in [3.63, 3.8) is 0 Å². The number of anilines is 6. The molecule has 7 aromatic carbocycles. The van der Waals surface area contributed by atoms with Gasteiger partial charge in [0.15, 0.2) is 0 Å². The average molecular weight is 917 g/mol. The zero-order valence-electron chi connectivity index (χ0n) is 44.6. The number of hydrogen-bond acceptors (Lipinski definition) is 2. The van der Waals surface area contributed by atoms with Crippen molar-refractivity contribution in [2.24, 2.45) is 0 Å². The van der Waals surface area contributed by atoms with E-state index in [4.69, 9.17) is 0 Å². The van der Waals surface area contributed by atoms with Crippen LogP contribution in [0.2, 0.25) is 0 Å². The lowest BCUT2D eigenvalue weighted by Crippen LogP contribution is -2.62. The van der Waals surface area contributed by atoms with E-state index in [9.17, 15) is 0 Å². The molecule has 0 atom stereocenters. The number of fused-ring (bicyclic) bond motifs is 7. The molecule has 0 bridgehead atoms. The fourth-order valence-corrected chi connectivity index (χ4v) is 14.5. The second-order valence-corrected chi connectivity index (χ2v) is 26.4. The molecule has 0 N–H and O–H groups in total. The lowest BCUT2D eigenvalue weighted by atomic mass is 9.32. The summed E-state index contributed by atoms with van der Waals surface area (Å²) in [6, 6.07) is 50.4. The van der Waals surface area contributed by atoms with Crippen molar-refractivity contribution in [3.05, 3.63) is 172 Å². The highest BCUT2D eigenvalue weighted by molar-refractivity contribution is 7.00. The van der Waals surface area contributed by atoms with Crippen LogP contribution >= 0.6 is 0 Å². The van der Waals surface area contributed by atoms with Crippen LogP contribution < -0.4 is 26.2 Å². The van der Waals surface area contributed by atoms with Gasteiger partial charge in [0.05, 0.1) is 5.69 Å². The summed E-state index contributed by atoms with van der Waals surface area (Å²) < 4.78 is 0. The highest BCUT2D eigenvalue weighted by atomic mass is 15.2. The second kappa shape index (κ2) is 14.9. The largest absolute Gasteiger partial charge is 0.311 e. The molecule has 3 heteroatoms. The van der Waals surface area contributed by atoms with Crippen molar-refractivity contribution in [1.29, 1.82) is 0 Å². The quantitative estimate of drug-likeness (QED) is 0.162. The van der Waals surface area contributed by atoms with Gasteiger partial charge in [-0.2, -0.15) is 0 Å². The Morgan fingerprint density at radius 2 is 0.771 bits per heavy atom. The van der Waals surface area contributed by atoms with Crippen molar-refractivity contribution in [1.82, 2.24) is 0 Å². The van der Waals surface area contributed by atoms with Crippen LogP contribution in [0.15, 0.2) is 127 Å². The molecule has 70 heavy (non-hydrogen) atoms. The van der Waals surface area contributed by atoms with Crippen LogP contribution in [0, 0.1) is 13.8 Å². The lowest BCUT2D eigenvalue weighted by Gasteiger charge is -2.49. The number of rotatable bonds is 4. The number of nitrogens with zero attached hydrogens (tertiary/aromatic N) is 2. The third-order valence-electron chi connectivity index (χ3n) is 18.5. The van der Waals surface area contributed by atoms with Crippen LogP contribution in [-0.2, 0) is 32.5 Å². The Morgan fingerprint density at radius 1 is 0.357 bits per heavy atom. The number of aryl methyl sites for hydroxylation is 2. The Bertz CT molecular complexity index is 3330. The molecule has 0 radical (unpaired) electrons. The van der Waals surface area contributed by atoms with Crippen molar-refractivity contribution in [3.8, 4) is 22.3 Å². The summed E-state index contributed by atoms with van der Waals surface area (Å²) in [6.45, 7) is 34.6. The first-order chi connectivity index (χ1) is 33.0. The molecule has 0 saturated heterocycles. The topological polar surface area (TPSA) is 6.48 Å². The van der Waals surface area contributed by atoms with Crippen LogP contribution in [0.1, 0.15) is 160 Å². The zero-order valence-corrected chi connectivity index (χ0v) is 44.6. The van der Waals surface area contributed by atoms with Crippen molar-refractivity contribution >= 4 is 57.2 Å². The summed E-state index contributed by atoms with van der Waals surface area (Å²) in [6.07, 6.45) is 5.84. The van der Waals surface area contributed by atoms with Gasteiger partial charge in [-0.05, 0) is 198 Å². The van der Waals surface area contributed by atoms with E-state index in [0.29, 0.717) is 0 Å². The van der Waals surface area contributed by atoms with E-state index in [-0.39, 0.29) is 39.2 Å². The van der Waals surface area contributed by atoms with E-state index < -0.39 is 0 Å². The van der Waals surface area contributed by atoms with E-state index in [2.05, 4.69) is 234 Å². The molecule has 2 heterocycles. The van der Waals surface area contributed by atoms with E-state index >= 15 is 0 Å². The molecule has 0 saturated carbocycles. The smallest absolute Gasteiger partial charge is 0.252 e. The third-order valence-corrected chi connectivity index (χ3v) is 18.5. The molecule has 0 unspecified atom stereocenters. The Balaban J connectivity index is 1.23. The lowest BCUT2D eigenvalue weighted by molar-refractivity contribution is 0.332. The molecule has 2 nitrogen and oxygen atoms in total. The predicted octanol–water partition coefficient (Wildman–Crippen LogP) is 16.4. The SMILES string of the molecule is Cc1cc2c3c(c1)N(c1ccc(-c4ccccc4)cc1-c1ccccc1)c1cc4c(cc1B3c1cc3c(cc1N2c1cc2c(cc1C)C(C)(C)CC2(C)C)C(C)(C)CCC3(C)C)C(C)(C)CCC4(C)C. The molecular formula is C67H73BN2. The Morgan fingerprint density at radius 3 is 1.27 bits per heavy atom.